The van der Waals surface area contributed by atoms with Gasteiger partial charge in [0.15, 0.2) is 0 Å². The molecule has 3 rings (SSSR count). The first-order chi connectivity index (χ1) is 13.5. The van der Waals surface area contributed by atoms with Crippen LogP contribution in [0.15, 0.2) is 36.4 Å². The van der Waals surface area contributed by atoms with Crippen molar-refractivity contribution in [3.8, 4) is 0 Å². The zero-order valence-corrected chi connectivity index (χ0v) is 17.5. The number of carbonyl (C=O) groups is 1. The highest BCUT2D eigenvalue weighted by atomic mass is 35.5. The summed E-state index contributed by atoms with van der Waals surface area (Å²) in [6.45, 7) is 7.69. The number of carbonyl (C=O) groups excluding carboxylic acids is 1. The van der Waals surface area contributed by atoms with E-state index < -0.39 is 0 Å². The van der Waals surface area contributed by atoms with Gasteiger partial charge < -0.3 is 16.0 Å². The fourth-order valence-corrected chi connectivity index (χ4v) is 3.72. The molecular formula is C23H30ClN3O. The third kappa shape index (κ3) is 5.49. The maximum absolute atomic E-state index is 12.2. The van der Waals surface area contributed by atoms with Crippen molar-refractivity contribution in [2.75, 3.05) is 25.0 Å². The number of nitrogens with one attached hydrogen (secondary N) is 3. The molecule has 0 fully saturated rings. The molecule has 1 heterocycles. The van der Waals surface area contributed by atoms with Gasteiger partial charge in [0.2, 0.25) is 0 Å². The van der Waals surface area contributed by atoms with Crippen molar-refractivity contribution in [2.45, 2.75) is 39.7 Å². The second-order valence-electron chi connectivity index (χ2n) is 7.80. The summed E-state index contributed by atoms with van der Waals surface area (Å²) in [5.41, 5.74) is 5.55. The molecule has 5 heteroatoms. The van der Waals surface area contributed by atoms with E-state index in [1.54, 1.807) is 0 Å². The molecule has 2 aromatic rings. The standard InChI is InChI=1S/C23H30ClN3O/c1-16(2)9-14-26-23(28)19-5-3-17(4-6-19)15-27-22-20-11-13-25-12-10-18(20)7-8-21(22)24/h3-8,16,25,27H,9-15H2,1-2H3,(H,26,28). The van der Waals surface area contributed by atoms with Crippen LogP contribution < -0.4 is 16.0 Å². The Morgan fingerprint density at radius 2 is 1.86 bits per heavy atom. The number of benzene rings is 2. The molecule has 150 valence electrons. The van der Waals surface area contributed by atoms with Crippen LogP contribution in [0.4, 0.5) is 5.69 Å². The van der Waals surface area contributed by atoms with Crippen molar-refractivity contribution in [3.63, 3.8) is 0 Å². The van der Waals surface area contributed by atoms with Crippen molar-refractivity contribution < 1.29 is 4.79 Å². The van der Waals surface area contributed by atoms with E-state index in [2.05, 4.69) is 35.9 Å². The Balaban J connectivity index is 1.62. The monoisotopic (exact) mass is 399 g/mol. The molecule has 0 spiro atoms. The highest BCUT2D eigenvalue weighted by molar-refractivity contribution is 6.33. The van der Waals surface area contributed by atoms with Gasteiger partial charge in [-0.25, -0.2) is 0 Å². The highest BCUT2D eigenvalue weighted by Gasteiger charge is 2.14. The average Bonchev–Trinajstić information content (AvgIpc) is 2.93. The summed E-state index contributed by atoms with van der Waals surface area (Å²) in [4.78, 5) is 12.2. The lowest BCUT2D eigenvalue weighted by molar-refractivity contribution is 0.0952. The van der Waals surface area contributed by atoms with E-state index in [0.717, 1.165) is 48.6 Å². The third-order valence-corrected chi connectivity index (χ3v) is 5.49. The quantitative estimate of drug-likeness (QED) is 0.646. The molecule has 0 aliphatic carbocycles. The molecule has 0 atom stereocenters. The minimum absolute atomic E-state index is 0.0101. The largest absolute Gasteiger partial charge is 0.380 e. The molecular weight excluding hydrogens is 370 g/mol. The van der Waals surface area contributed by atoms with Crippen LogP contribution in [0, 0.1) is 5.92 Å². The number of hydrogen-bond acceptors (Lipinski definition) is 3. The minimum Gasteiger partial charge on any atom is -0.380 e. The molecule has 3 N–H and O–H groups in total. The molecule has 4 nitrogen and oxygen atoms in total. The van der Waals surface area contributed by atoms with Crippen LogP contribution in [0.1, 0.15) is 47.3 Å². The van der Waals surface area contributed by atoms with E-state index in [1.165, 1.54) is 11.1 Å². The van der Waals surface area contributed by atoms with Gasteiger partial charge in [-0.2, -0.15) is 0 Å². The van der Waals surface area contributed by atoms with Crippen molar-refractivity contribution in [1.82, 2.24) is 10.6 Å². The van der Waals surface area contributed by atoms with Crippen LogP contribution in [-0.2, 0) is 19.4 Å². The number of anilines is 1. The van der Waals surface area contributed by atoms with Crippen LogP contribution in [0.5, 0.6) is 0 Å². The smallest absolute Gasteiger partial charge is 0.251 e. The van der Waals surface area contributed by atoms with Crippen molar-refractivity contribution >= 4 is 23.2 Å². The van der Waals surface area contributed by atoms with Gasteiger partial charge in [0.1, 0.15) is 0 Å². The summed E-state index contributed by atoms with van der Waals surface area (Å²) in [5.74, 6) is 0.577. The molecule has 2 aromatic carbocycles. The van der Waals surface area contributed by atoms with E-state index in [1.807, 2.05) is 30.3 Å². The van der Waals surface area contributed by atoms with E-state index in [9.17, 15) is 4.79 Å². The van der Waals surface area contributed by atoms with Crippen LogP contribution in [-0.4, -0.2) is 25.5 Å². The van der Waals surface area contributed by atoms with E-state index in [0.29, 0.717) is 24.6 Å². The Kier molecular flexibility index (Phi) is 7.35. The van der Waals surface area contributed by atoms with Crippen molar-refractivity contribution in [1.29, 1.82) is 0 Å². The molecule has 1 aliphatic rings. The second kappa shape index (κ2) is 9.94. The average molecular weight is 400 g/mol. The summed E-state index contributed by atoms with van der Waals surface area (Å²) in [7, 11) is 0. The maximum atomic E-state index is 12.2. The molecule has 0 bridgehead atoms. The van der Waals surface area contributed by atoms with Gasteiger partial charge in [0.05, 0.1) is 10.7 Å². The van der Waals surface area contributed by atoms with E-state index in [4.69, 9.17) is 11.6 Å². The van der Waals surface area contributed by atoms with Crippen molar-refractivity contribution in [2.24, 2.45) is 5.92 Å². The van der Waals surface area contributed by atoms with Crippen LogP contribution in [0.3, 0.4) is 0 Å². The zero-order chi connectivity index (χ0) is 19.9. The fourth-order valence-electron chi connectivity index (χ4n) is 3.48. The Morgan fingerprint density at radius 1 is 1.11 bits per heavy atom. The zero-order valence-electron chi connectivity index (χ0n) is 16.8. The molecule has 0 radical (unpaired) electrons. The summed E-state index contributed by atoms with van der Waals surface area (Å²) < 4.78 is 0. The molecule has 28 heavy (non-hydrogen) atoms. The van der Waals surface area contributed by atoms with Gasteiger partial charge in [-0.3, -0.25) is 4.79 Å². The number of halogens is 1. The Bertz CT molecular complexity index is 802. The molecule has 1 amide bonds. The first-order valence-electron chi connectivity index (χ1n) is 10.2. The SMILES string of the molecule is CC(C)CCNC(=O)c1ccc(CNc2c(Cl)ccc3c2CCNCC3)cc1. The van der Waals surface area contributed by atoms with Gasteiger partial charge in [-0.15, -0.1) is 0 Å². The Morgan fingerprint density at radius 3 is 2.61 bits per heavy atom. The normalized spacial score (nSPS) is 13.7. The minimum atomic E-state index is -0.0101. The topological polar surface area (TPSA) is 53.2 Å². The molecule has 1 aliphatic heterocycles. The predicted molar refractivity (Wildman–Crippen MR) is 117 cm³/mol. The van der Waals surface area contributed by atoms with E-state index >= 15 is 0 Å². The van der Waals surface area contributed by atoms with Crippen molar-refractivity contribution in [3.05, 3.63) is 63.7 Å². The lowest BCUT2D eigenvalue weighted by atomic mass is 10.0. The van der Waals surface area contributed by atoms with E-state index in [-0.39, 0.29) is 5.91 Å². The number of rotatable bonds is 7. The van der Waals surface area contributed by atoms with Gasteiger partial charge in [-0.05, 0) is 73.2 Å². The maximum Gasteiger partial charge on any atom is 0.251 e. The van der Waals surface area contributed by atoms with Crippen LogP contribution in [0.2, 0.25) is 5.02 Å². The van der Waals surface area contributed by atoms with Gasteiger partial charge in [0, 0.05) is 18.7 Å². The highest BCUT2D eigenvalue weighted by Crippen LogP contribution is 2.31. The first kappa shape index (κ1) is 20.7. The molecule has 0 saturated carbocycles. The van der Waals surface area contributed by atoms with Crippen LogP contribution >= 0.6 is 11.6 Å². The lowest BCUT2D eigenvalue weighted by Crippen LogP contribution is -2.25. The fraction of sp³-hybridized carbons (Fsp3) is 0.435. The number of hydrogen-bond donors (Lipinski definition) is 3. The van der Waals surface area contributed by atoms with Crippen LogP contribution in [0.25, 0.3) is 0 Å². The summed E-state index contributed by atoms with van der Waals surface area (Å²) >= 11 is 6.48. The first-order valence-corrected chi connectivity index (χ1v) is 10.5. The van der Waals surface area contributed by atoms with Gasteiger partial charge in [0.25, 0.3) is 5.91 Å². The lowest BCUT2D eigenvalue weighted by Gasteiger charge is -2.16. The summed E-state index contributed by atoms with van der Waals surface area (Å²) in [5, 5.41) is 10.7. The van der Waals surface area contributed by atoms with Gasteiger partial charge in [-0.1, -0.05) is 43.6 Å². The number of fused-ring (bicyclic) bond motifs is 1. The Hall–Kier alpha value is -2.04. The summed E-state index contributed by atoms with van der Waals surface area (Å²) in [6, 6.07) is 11.9. The second-order valence-corrected chi connectivity index (χ2v) is 8.21. The molecule has 0 saturated heterocycles. The third-order valence-electron chi connectivity index (χ3n) is 5.17. The predicted octanol–water partition coefficient (Wildman–Crippen LogP) is 4.42. The molecule has 0 aromatic heterocycles. The summed E-state index contributed by atoms with van der Waals surface area (Å²) in [6.07, 6.45) is 3.00. The van der Waals surface area contributed by atoms with Gasteiger partial charge >= 0.3 is 0 Å². The Labute approximate surface area is 173 Å². The number of amides is 1. The molecule has 0 unspecified atom stereocenters.